The summed E-state index contributed by atoms with van der Waals surface area (Å²) in [4.78, 5) is 12.8. The molecule has 0 fully saturated rings. The Hall–Kier alpha value is -3.75. The first-order chi connectivity index (χ1) is 17.2. The highest BCUT2D eigenvalue weighted by molar-refractivity contribution is 6.76. The van der Waals surface area contributed by atoms with E-state index in [2.05, 4.69) is 50.0 Å². The summed E-state index contributed by atoms with van der Waals surface area (Å²) in [6.45, 7) is 8.08. The molecule has 0 aliphatic rings. The van der Waals surface area contributed by atoms with Crippen LogP contribution in [0.1, 0.15) is 11.3 Å². The van der Waals surface area contributed by atoms with Gasteiger partial charge in [0.15, 0.2) is 0 Å². The van der Waals surface area contributed by atoms with Gasteiger partial charge in [0.1, 0.15) is 6.73 Å². The van der Waals surface area contributed by atoms with Crippen LogP contribution >= 0.6 is 0 Å². The molecule has 0 saturated carbocycles. The molecule has 0 bridgehead atoms. The van der Waals surface area contributed by atoms with Crippen molar-refractivity contribution in [2.75, 3.05) is 18.6 Å². The van der Waals surface area contributed by atoms with E-state index in [4.69, 9.17) is 9.84 Å². The Kier molecular flexibility index (Phi) is 7.66. The third-order valence-electron chi connectivity index (χ3n) is 6.02. The van der Waals surface area contributed by atoms with Gasteiger partial charge >= 0.3 is 0 Å². The number of benzene rings is 3. The fourth-order valence-corrected chi connectivity index (χ4v) is 4.61. The molecule has 4 aromatic rings. The lowest BCUT2D eigenvalue weighted by molar-refractivity contribution is -0.384. The number of aromatic nitrogens is 2. The molecule has 3 aromatic carbocycles. The van der Waals surface area contributed by atoms with Gasteiger partial charge in [0.25, 0.3) is 5.69 Å². The molecule has 4 rings (SSSR count). The number of nitro groups is 1. The first kappa shape index (κ1) is 25.3. The number of anilines is 2. The minimum atomic E-state index is -1.19. The van der Waals surface area contributed by atoms with Crippen LogP contribution in [0.25, 0.3) is 23.1 Å². The lowest BCUT2D eigenvalue weighted by Gasteiger charge is -2.20. The second-order valence-electron chi connectivity index (χ2n) is 10.0. The summed E-state index contributed by atoms with van der Waals surface area (Å²) in [5.74, 6) is 0. The van der Waals surface area contributed by atoms with Gasteiger partial charge in [0.2, 0.25) is 0 Å². The summed E-state index contributed by atoms with van der Waals surface area (Å²) < 4.78 is 7.93. The predicted octanol–water partition coefficient (Wildman–Crippen LogP) is 7.20. The topological polar surface area (TPSA) is 73.4 Å². The van der Waals surface area contributed by atoms with E-state index in [0.29, 0.717) is 13.3 Å². The number of ether oxygens (including phenoxy) is 1. The van der Waals surface area contributed by atoms with Gasteiger partial charge in [-0.3, -0.25) is 10.1 Å². The maximum atomic E-state index is 11.2. The summed E-state index contributed by atoms with van der Waals surface area (Å²) in [5, 5.41) is 17.1. The van der Waals surface area contributed by atoms with Gasteiger partial charge in [0.05, 0.1) is 16.1 Å². The second-order valence-corrected chi connectivity index (χ2v) is 15.6. The Bertz CT molecular complexity index is 1380. The van der Waals surface area contributed by atoms with Gasteiger partial charge < -0.3 is 9.64 Å². The van der Waals surface area contributed by atoms with Gasteiger partial charge in [0, 0.05) is 50.6 Å². The van der Waals surface area contributed by atoms with Crippen molar-refractivity contribution in [2.45, 2.75) is 32.4 Å². The zero-order valence-corrected chi connectivity index (χ0v) is 22.2. The van der Waals surface area contributed by atoms with E-state index in [1.165, 1.54) is 6.07 Å². The molecule has 0 aliphatic carbocycles. The molecule has 0 aliphatic heterocycles. The molecule has 0 saturated heterocycles. The van der Waals surface area contributed by atoms with E-state index in [1.54, 1.807) is 12.1 Å². The zero-order valence-electron chi connectivity index (χ0n) is 21.2. The van der Waals surface area contributed by atoms with E-state index in [0.717, 1.165) is 39.6 Å². The highest BCUT2D eigenvalue weighted by Crippen LogP contribution is 2.31. The van der Waals surface area contributed by atoms with Crippen LogP contribution < -0.4 is 4.90 Å². The first-order valence-electron chi connectivity index (χ1n) is 12.0. The van der Waals surface area contributed by atoms with Crippen LogP contribution in [0.5, 0.6) is 0 Å². The van der Waals surface area contributed by atoms with Crippen molar-refractivity contribution in [3.05, 3.63) is 94.2 Å². The first-order valence-corrected chi connectivity index (χ1v) is 15.7. The Labute approximate surface area is 212 Å². The molecule has 36 heavy (non-hydrogen) atoms. The number of hydrogen-bond acceptors (Lipinski definition) is 5. The predicted molar refractivity (Wildman–Crippen MR) is 150 cm³/mol. The van der Waals surface area contributed by atoms with Crippen molar-refractivity contribution in [3.8, 4) is 0 Å². The standard InChI is InChI=1S/C28H32N4O3Si/c1-30(23-11-8-12-25(19-23)32(33)34)24-14-15-26-27(16-13-22-9-6-5-7-10-22)29-31(28(26)20-24)21-35-17-18-36(2,3)4/h5-16,19-20H,17-18,21H2,1-4H3. The van der Waals surface area contributed by atoms with Crippen LogP contribution in [0.15, 0.2) is 72.8 Å². The molecule has 0 N–H and O–H groups in total. The lowest BCUT2D eigenvalue weighted by atomic mass is 10.1. The van der Waals surface area contributed by atoms with Gasteiger partial charge in [-0.05, 0) is 41.9 Å². The van der Waals surface area contributed by atoms with Crippen LogP contribution in [0.4, 0.5) is 17.1 Å². The molecule has 0 atom stereocenters. The van der Waals surface area contributed by atoms with Crippen LogP contribution in [0.2, 0.25) is 25.7 Å². The number of rotatable bonds is 10. The zero-order chi connectivity index (χ0) is 25.7. The molecule has 7 nitrogen and oxygen atoms in total. The molecule has 1 aromatic heterocycles. The van der Waals surface area contributed by atoms with Crippen LogP contribution in [0.3, 0.4) is 0 Å². The molecule has 0 amide bonds. The van der Waals surface area contributed by atoms with E-state index in [1.807, 2.05) is 53.0 Å². The molecular formula is C28H32N4O3Si. The van der Waals surface area contributed by atoms with Crippen molar-refractivity contribution < 1.29 is 9.66 Å². The van der Waals surface area contributed by atoms with Gasteiger partial charge in [-0.2, -0.15) is 5.10 Å². The highest BCUT2D eigenvalue weighted by Gasteiger charge is 2.15. The fourth-order valence-electron chi connectivity index (χ4n) is 3.85. The summed E-state index contributed by atoms with van der Waals surface area (Å²) >= 11 is 0. The maximum absolute atomic E-state index is 11.2. The van der Waals surface area contributed by atoms with Crippen molar-refractivity contribution >= 4 is 48.2 Å². The minimum absolute atomic E-state index is 0.0644. The van der Waals surface area contributed by atoms with E-state index in [9.17, 15) is 10.1 Å². The molecule has 0 spiro atoms. The smallest absolute Gasteiger partial charge is 0.271 e. The van der Waals surface area contributed by atoms with Crippen molar-refractivity contribution in [1.29, 1.82) is 0 Å². The maximum Gasteiger partial charge on any atom is 0.271 e. The average Bonchev–Trinajstić information content (AvgIpc) is 3.22. The summed E-state index contributed by atoms with van der Waals surface area (Å²) in [6, 6.07) is 24.0. The Balaban J connectivity index is 1.67. The van der Waals surface area contributed by atoms with Gasteiger partial charge in [-0.25, -0.2) is 4.68 Å². The quantitative estimate of drug-likeness (QED) is 0.0996. The summed E-state index contributed by atoms with van der Waals surface area (Å²) in [7, 11) is 0.716. The number of non-ortho nitro benzene ring substituents is 1. The number of fused-ring (bicyclic) bond motifs is 1. The minimum Gasteiger partial charge on any atom is -0.360 e. The number of nitrogens with zero attached hydrogens (tertiary/aromatic N) is 4. The largest absolute Gasteiger partial charge is 0.360 e. The lowest BCUT2D eigenvalue weighted by Crippen LogP contribution is -2.22. The average molecular weight is 501 g/mol. The molecular weight excluding hydrogens is 468 g/mol. The summed E-state index contributed by atoms with van der Waals surface area (Å²) in [6.07, 6.45) is 4.08. The molecule has 0 unspecified atom stereocenters. The van der Waals surface area contributed by atoms with Crippen molar-refractivity contribution in [2.24, 2.45) is 0 Å². The molecule has 1 heterocycles. The van der Waals surface area contributed by atoms with Crippen LogP contribution in [-0.2, 0) is 11.5 Å². The Morgan fingerprint density at radius 3 is 2.47 bits per heavy atom. The van der Waals surface area contributed by atoms with E-state index in [-0.39, 0.29) is 10.6 Å². The van der Waals surface area contributed by atoms with Crippen molar-refractivity contribution in [3.63, 3.8) is 0 Å². The van der Waals surface area contributed by atoms with Crippen LogP contribution in [-0.4, -0.2) is 36.4 Å². The molecule has 0 radical (unpaired) electrons. The fraction of sp³-hybridized carbons (Fsp3) is 0.250. The van der Waals surface area contributed by atoms with Gasteiger partial charge in [-0.15, -0.1) is 0 Å². The monoisotopic (exact) mass is 500 g/mol. The number of nitro benzene ring substituents is 1. The Morgan fingerprint density at radius 2 is 1.75 bits per heavy atom. The number of hydrogen-bond donors (Lipinski definition) is 0. The third-order valence-corrected chi connectivity index (χ3v) is 7.73. The SMILES string of the molecule is CN(c1cccc([N+](=O)[O-])c1)c1ccc2c(C=Cc3ccccc3)nn(COCC[Si](C)(C)C)c2c1. The Morgan fingerprint density at radius 1 is 1.00 bits per heavy atom. The van der Waals surface area contributed by atoms with Crippen molar-refractivity contribution in [1.82, 2.24) is 9.78 Å². The third kappa shape index (κ3) is 6.27. The normalized spacial score (nSPS) is 11.9. The molecule has 186 valence electrons. The van der Waals surface area contributed by atoms with Gasteiger partial charge in [-0.1, -0.05) is 62.1 Å². The molecule has 8 heteroatoms. The van der Waals surface area contributed by atoms with Crippen LogP contribution in [0, 0.1) is 10.1 Å². The van der Waals surface area contributed by atoms with E-state index < -0.39 is 8.07 Å². The highest BCUT2D eigenvalue weighted by atomic mass is 28.3. The second kappa shape index (κ2) is 10.9. The summed E-state index contributed by atoms with van der Waals surface area (Å²) in [5.41, 5.74) is 4.64. The van der Waals surface area contributed by atoms with E-state index >= 15 is 0 Å².